The van der Waals surface area contributed by atoms with Gasteiger partial charge in [0.25, 0.3) is 5.91 Å². The van der Waals surface area contributed by atoms with Crippen molar-refractivity contribution in [3.8, 4) is 6.07 Å². The van der Waals surface area contributed by atoms with Crippen molar-refractivity contribution in [2.24, 2.45) is 0 Å². The van der Waals surface area contributed by atoms with E-state index in [1.54, 1.807) is 18.2 Å². The van der Waals surface area contributed by atoms with E-state index in [0.717, 1.165) is 4.90 Å². The van der Waals surface area contributed by atoms with Crippen LogP contribution in [0.15, 0.2) is 18.2 Å². The summed E-state index contributed by atoms with van der Waals surface area (Å²) in [5, 5.41) is 12.2. The van der Waals surface area contributed by atoms with Crippen molar-refractivity contribution < 1.29 is 9.59 Å². The van der Waals surface area contributed by atoms with Crippen LogP contribution in [0.1, 0.15) is 18.4 Å². The molecule has 5 nitrogen and oxygen atoms in total. The Kier molecular flexibility index (Phi) is 3.72. The second-order valence-electron chi connectivity index (χ2n) is 4.33. The lowest BCUT2D eigenvalue weighted by Gasteiger charge is -2.28. The number of hydrogen-bond acceptors (Lipinski definition) is 4. The highest BCUT2D eigenvalue weighted by molar-refractivity contribution is 6.32. The van der Waals surface area contributed by atoms with Gasteiger partial charge >= 0.3 is 0 Å². The SMILES string of the molecule is CN1C(=O)CCC(Nc2ccc(C#N)c(Cl)c2)C1=O. The van der Waals surface area contributed by atoms with Crippen LogP contribution in [-0.2, 0) is 9.59 Å². The molecule has 0 aliphatic carbocycles. The fourth-order valence-electron chi connectivity index (χ4n) is 1.95. The maximum Gasteiger partial charge on any atom is 0.251 e. The van der Waals surface area contributed by atoms with Crippen molar-refractivity contribution in [2.45, 2.75) is 18.9 Å². The highest BCUT2D eigenvalue weighted by Crippen LogP contribution is 2.23. The van der Waals surface area contributed by atoms with Gasteiger partial charge in [-0.25, -0.2) is 0 Å². The van der Waals surface area contributed by atoms with E-state index in [2.05, 4.69) is 5.32 Å². The molecule has 1 fully saturated rings. The van der Waals surface area contributed by atoms with Gasteiger partial charge in [-0.2, -0.15) is 5.26 Å². The molecule has 1 aliphatic rings. The third kappa shape index (κ3) is 2.69. The van der Waals surface area contributed by atoms with Crippen molar-refractivity contribution in [3.63, 3.8) is 0 Å². The number of likely N-dealkylation sites (N-methyl/N-ethyl adjacent to an activating group) is 1. The molecule has 1 N–H and O–H groups in total. The number of halogens is 1. The van der Waals surface area contributed by atoms with Gasteiger partial charge in [-0.3, -0.25) is 14.5 Å². The molecule has 19 heavy (non-hydrogen) atoms. The van der Waals surface area contributed by atoms with Gasteiger partial charge in [-0.1, -0.05) is 11.6 Å². The van der Waals surface area contributed by atoms with Crippen LogP contribution in [0, 0.1) is 11.3 Å². The molecule has 1 unspecified atom stereocenters. The van der Waals surface area contributed by atoms with Gasteiger partial charge in [0.15, 0.2) is 0 Å². The van der Waals surface area contributed by atoms with Gasteiger partial charge in [-0.15, -0.1) is 0 Å². The second kappa shape index (κ2) is 5.29. The van der Waals surface area contributed by atoms with Gasteiger partial charge < -0.3 is 5.32 Å². The number of carbonyl (C=O) groups is 2. The van der Waals surface area contributed by atoms with Crippen LogP contribution in [0.2, 0.25) is 5.02 Å². The van der Waals surface area contributed by atoms with Gasteiger partial charge in [0.05, 0.1) is 10.6 Å². The number of nitrogens with one attached hydrogen (secondary N) is 1. The number of likely N-dealkylation sites (tertiary alicyclic amines) is 1. The monoisotopic (exact) mass is 277 g/mol. The molecule has 1 atom stereocenters. The zero-order valence-corrected chi connectivity index (χ0v) is 11.1. The molecule has 2 rings (SSSR count). The normalized spacial score (nSPS) is 19.2. The van der Waals surface area contributed by atoms with Crippen molar-refractivity contribution in [3.05, 3.63) is 28.8 Å². The Morgan fingerprint density at radius 3 is 2.84 bits per heavy atom. The number of nitriles is 1. The molecule has 1 aromatic rings. The van der Waals surface area contributed by atoms with E-state index in [1.165, 1.54) is 7.05 Å². The number of rotatable bonds is 2. The lowest BCUT2D eigenvalue weighted by atomic mass is 10.0. The number of benzene rings is 1. The minimum absolute atomic E-state index is 0.166. The van der Waals surface area contributed by atoms with E-state index in [1.807, 2.05) is 6.07 Å². The lowest BCUT2D eigenvalue weighted by Crippen LogP contribution is -2.48. The first-order chi connectivity index (χ1) is 9.02. The fraction of sp³-hybridized carbons (Fsp3) is 0.308. The molecule has 1 saturated heterocycles. The number of imide groups is 1. The van der Waals surface area contributed by atoms with Crippen LogP contribution in [-0.4, -0.2) is 29.8 Å². The maximum absolute atomic E-state index is 11.9. The summed E-state index contributed by atoms with van der Waals surface area (Å²) in [6.45, 7) is 0. The van der Waals surface area contributed by atoms with E-state index < -0.39 is 6.04 Å². The molecular formula is C13H12ClN3O2. The van der Waals surface area contributed by atoms with Gasteiger partial charge in [0.1, 0.15) is 12.1 Å². The topological polar surface area (TPSA) is 73.2 Å². The predicted octanol–water partition coefficient (Wildman–Crippen LogP) is 1.77. The maximum atomic E-state index is 11.9. The molecular weight excluding hydrogens is 266 g/mol. The van der Waals surface area contributed by atoms with Crippen molar-refractivity contribution in [1.82, 2.24) is 4.90 Å². The fourth-order valence-corrected chi connectivity index (χ4v) is 2.17. The third-order valence-electron chi connectivity index (χ3n) is 3.08. The largest absolute Gasteiger partial charge is 0.374 e. The summed E-state index contributed by atoms with van der Waals surface area (Å²) in [6.07, 6.45) is 0.795. The number of carbonyl (C=O) groups excluding carboxylic acids is 2. The lowest BCUT2D eigenvalue weighted by molar-refractivity contribution is -0.146. The average Bonchev–Trinajstić information content (AvgIpc) is 2.40. The number of nitrogens with zero attached hydrogens (tertiary/aromatic N) is 2. The van der Waals surface area contributed by atoms with Gasteiger partial charge in [-0.05, 0) is 24.6 Å². The van der Waals surface area contributed by atoms with Crippen LogP contribution in [0.25, 0.3) is 0 Å². The van der Waals surface area contributed by atoms with Crippen LogP contribution < -0.4 is 5.32 Å². The highest BCUT2D eigenvalue weighted by Gasteiger charge is 2.31. The second-order valence-corrected chi connectivity index (χ2v) is 4.74. The Morgan fingerprint density at radius 1 is 1.47 bits per heavy atom. The molecule has 2 amide bonds. The summed E-state index contributed by atoms with van der Waals surface area (Å²) in [6, 6.07) is 6.41. The van der Waals surface area contributed by atoms with Crippen LogP contribution in [0.5, 0.6) is 0 Å². The first-order valence-corrected chi connectivity index (χ1v) is 6.17. The van der Waals surface area contributed by atoms with E-state index in [4.69, 9.17) is 16.9 Å². The van der Waals surface area contributed by atoms with Crippen molar-refractivity contribution in [2.75, 3.05) is 12.4 Å². The number of amides is 2. The minimum atomic E-state index is -0.438. The summed E-state index contributed by atoms with van der Waals surface area (Å²) in [7, 11) is 1.48. The van der Waals surface area contributed by atoms with E-state index in [9.17, 15) is 9.59 Å². The number of anilines is 1. The molecule has 0 saturated carbocycles. The predicted molar refractivity (Wildman–Crippen MR) is 70.6 cm³/mol. The molecule has 6 heteroatoms. The van der Waals surface area contributed by atoms with Crippen molar-refractivity contribution >= 4 is 29.1 Å². The Hall–Kier alpha value is -2.06. The van der Waals surface area contributed by atoms with Gasteiger partial charge in [0.2, 0.25) is 5.91 Å². The Morgan fingerprint density at radius 2 is 2.21 bits per heavy atom. The summed E-state index contributed by atoms with van der Waals surface area (Å²) in [5.74, 6) is -0.419. The van der Waals surface area contributed by atoms with E-state index in [0.29, 0.717) is 29.1 Å². The van der Waals surface area contributed by atoms with Crippen LogP contribution in [0.3, 0.4) is 0 Å². The quantitative estimate of drug-likeness (QED) is 0.836. The third-order valence-corrected chi connectivity index (χ3v) is 3.39. The van der Waals surface area contributed by atoms with Crippen molar-refractivity contribution in [1.29, 1.82) is 5.26 Å². The van der Waals surface area contributed by atoms with E-state index in [-0.39, 0.29) is 11.8 Å². The Bertz CT molecular complexity index is 580. The molecule has 0 spiro atoms. The molecule has 0 radical (unpaired) electrons. The van der Waals surface area contributed by atoms with E-state index >= 15 is 0 Å². The molecule has 1 aliphatic heterocycles. The zero-order valence-electron chi connectivity index (χ0n) is 10.3. The Labute approximate surface area is 115 Å². The average molecular weight is 278 g/mol. The first-order valence-electron chi connectivity index (χ1n) is 5.79. The summed E-state index contributed by atoms with van der Waals surface area (Å²) in [5.41, 5.74) is 1.04. The molecule has 0 aromatic heterocycles. The molecule has 1 aromatic carbocycles. The number of piperidine rings is 1. The minimum Gasteiger partial charge on any atom is -0.374 e. The standard InChI is InChI=1S/C13H12ClN3O2/c1-17-12(18)5-4-11(13(17)19)16-9-3-2-8(7-15)10(14)6-9/h2-3,6,11,16H,4-5H2,1H3. The Balaban J connectivity index is 2.14. The zero-order chi connectivity index (χ0) is 14.0. The summed E-state index contributed by atoms with van der Waals surface area (Å²) >= 11 is 5.92. The van der Waals surface area contributed by atoms with Gasteiger partial charge in [0, 0.05) is 19.2 Å². The molecule has 1 heterocycles. The van der Waals surface area contributed by atoms with Crippen LogP contribution in [0.4, 0.5) is 5.69 Å². The number of hydrogen-bond donors (Lipinski definition) is 1. The summed E-state index contributed by atoms with van der Waals surface area (Å²) in [4.78, 5) is 24.4. The smallest absolute Gasteiger partial charge is 0.251 e. The first kappa shape index (κ1) is 13.4. The highest BCUT2D eigenvalue weighted by atomic mass is 35.5. The molecule has 98 valence electrons. The van der Waals surface area contributed by atoms with Crippen LogP contribution >= 0.6 is 11.6 Å². The summed E-state index contributed by atoms with van der Waals surface area (Å²) < 4.78 is 0. The molecule has 0 bridgehead atoms.